The molecule has 1 aromatic heterocycles. The number of nitrogens with zero attached hydrogens (tertiary/aromatic N) is 1. The zero-order valence-electron chi connectivity index (χ0n) is 14.2. The number of nitrogens with one attached hydrogen (secondary N) is 1. The van der Waals surface area contributed by atoms with Crippen molar-refractivity contribution in [1.29, 1.82) is 0 Å². The highest BCUT2D eigenvalue weighted by molar-refractivity contribution is 6.30. The Balaban J connectivity index is 1.79. The molecule has 0 spiro atoms. The average molecular weight is 341 g/mol. The summed E-state index contributed by atoms with van der Waals surface area (Å²) in [4.78, 5) is 4.56. The van der Waals surface area contributed by atoms with Crippen molar-refractivity contribution >= 4 is 22.5 Å². The number of para-hydroxylation sites is 1. The van der Waals surface area contributed by atoms with Crippen molar-refractivity contribution in [2.24, 2.45) is 0 Å². The van der Waals surface area contributed by atoms with Gasteiger partial charge in [-0.25, -0.2) is 4.98 Å². The van der Waals surface area contributed by atoms with Crippen LogP contribution in [0.2, 0.25) is 5.15 Å². The number of rotatable bonds is 5. The van der Waals surface area contributed by atoms with Crippen molar-refractivity contribution in [2.75, 3.05) is 7.11 Å². The Kier molecular flexibility index (Phi) is 5.03. The highest BCUT2D eigenvalue weighted by atomic mass is 35.5. The maximum Gasteiger partial charge on any atom is 0.134 e. The van der Waals surface area contributed by atoms with E-state index in [0.29, 0.717) is 18.2 Å². The van der Waals surface area contributed by atoms with Gasteiger partial charge < -0.3 is 10.1 Å². The van der Waals surface area contributed by atoms with Crippen LogP contribution in [0.4, 0.5) is 0 Å². The predicted octanol–water partition coefficient (Wildman–Crippen LogP) is 4.80. The molecule has 0 aliphatic heterocycles. The van der Waals surface area contributed by atoms with Crippen LogP contribution in [0, 0.1) is 13.8 Å². The molecule has 3 rings (SSSR count). The minimum absolute atomic E-state index is 0.556. The summed E-state index contributed by atoms with van der Waals surface area (Å²) in [6, 6.07) is 14.4. The number of aromatic nitrogens is 1. The summed E-state index contributed by atoms with van der Waals surface area (Å²) in [7, 11) is 1.69. The Hall–Kier alpha value is -2.10. The highest BCUT2D eigenvalue weighted by Crippen LogP contribution is 2.25. The van der Waals surface area contributed by atoms with Crippen molar-refractivity contribution in [1.82, 2.24) is 10.3 Å². The molecule has 0 radical (unpaired) electrons. The van der Waals surface area contributed by atoms with Gasteiger partial charge in [0.25, 0.3) is 0 Å². The van der Waals surface area contributed by atoms with Gasteiger partial charge in [-0.1, -0.05) is 35.9 Å². The molecular formula is C20H21ClN2O. The Morgan fingerprint density at radius 3 is 2.58 bits per heavy atom. The van der Waals surface area contributed by atoms with Gasteiger partial charge in [0.2, 0.25) is 0 Å². The number of pyridine rings is 1. The Morgan fingerprint density at radius 1 is 1.04 bits per heavy atom. The second-order valence-corrected chi connectivity index (χ2v) is 6.36. The minimum atomic E-state index is 0.556. The second-order valence-electron chi connectivity index (χ2n) is 6.00. The fourth-order valence-corrected chi connectivity index (χ4v) is 3.17. The number of methoxy groups -OCH3 is 1. The first-order chi connectivity index (χ1) is 11.6. The zero-order valence-corrected chi connectivity index (χ0v) is 14.9. The third kappa shape index (κ3) is 3.53. The molecule has 0 saturated heterocycles. The predicted molar refractivity (Wildman–Crippen MR) is 99.8 cm³/mol. The van der Waals surface area contributed by atoms with Gasteiger partial charge in [-0.05, 0) is 43.2 Å². The molecule has 0 fully saturated rings. The third-order valence-electron chi connectivity index (χ3n) is 4.13. The lowest BCUT2D eigenvalue weighted by Gasteiger charge is -2.12. The number of hydrogen-bond donors (Lipinski definition) is 1. The lowest BCUT2D eigenvalue weighted by molar-refractivity contribution is 0.407. The summed E-state index contributed by atoms with van der Waals surface area (Å²) in [5, 5.41) is 5.13. The van der Waals surface area contributed by atoms with Gasteiger partial charge in [-0.3, -0.25) is 0 Å². The quantitative estimate of drug-likeness (QED) is 0.677. The number of ether oxygens (including phenoxy) is 1. The van der Waals surface area contributed by atoms with Gasteiger partial charge in [0.1, 0.15) is 10.9 Å². The molecule has 0 saturated carbocycles. The maximum atomic E-state index is 6.37. The van der Waals surface area contributed by atoms with Crippen LogP contribution in [0.1, 0.15) is 22.3 Å². The van der Waals surface area contributed by atoms with Gasteiger partial charge in [0.05, 0.1) is 12.6 Å². The van der Waals surface area contributed by atoms with Crippen molar-refractivity contribution in [2.45, 2.75) is 26.9 Å². The van der Waals surface area contributed by atoms with Crippen LogP contribution in [0.25, 0.3) is 10.9 Å². The fraction of sp³-hybridized carbons (Fsp3) is 0.250. The molecule has 4 heteroatoms. The normalized spacial score (nSPS) is 11.0. The first kappa shape index (κ1) is 16.7. The molecule has 1 N–H and O–H groups in total. The van der Waals surface area contributed by atoms with Gasteiger partial charge >= 0.3 is 0 Å². The minimum Gasteiger partial charge on any atom is -0.496 e. The lowest BCUT2D eigenvalue weighted by atomic mass is 10.0. The maximum absolute atomic E-state index is 6.37. The number of fused-ring (bicyclic) bond motifs is 1. The van der Waals surface area contributed by atoms with Crippen LogP contribution < -0.4 is 10.1 Å². The first-order valence-corrected chi connectivity index (χ1v) is 8.35. The molecule has 0 amide bonds. The van der Waals surface area contributed by atoms with E-state index in [9.17, 15) is 0 Å². The molecule has 124 valence electrons. The Bertz CT molecular complexity index is 877. The molecule has 0 bridgehead atoms. The molecule has 3 aromatic rings. The molecule has 0 unspecified atom stereocenters. The van der Waals surface area contributed by atoms with Gasteiger partial charge in [-0.15, -0.1) is 0 Å². The molecular weight excluding hydrogens is 320 g/mol. The van der Waals surface area contributed by atoms with Crippen LogP contribution in [-0.4, -0.2) is 12.1 Å². The summed E-state index contributed by atoms with van der Waals surface area (Å²) < 4.78 is 5.38. The van der Waals surface area contributed by atoms with Gasteiger partial charge in [0.15, 0.2) is 0 Å². The highest BCUT2D eigenvalue weighted by Gasteiger charge is 2.08. The largest absolute Gasteiger partial charge is 0.496 e. The van der Waals surface area contributed by atoms with Crippen molar-refractivity contribution in [3.05, 3.63) is 69.9 Å². The molecule has 1 heterocycles. The summed E-state index contributed by atoms with van der Waals surface area (Å²) >= 11 is 6.37. The van der Waals surface area contributed by atoms with E-state index in [1.54, 1.807) is 7.11 Å². The monoisotopic (exact) mass is 340 g/mol. The van der Waals surface area contributed by atoms with Crippen LogP contribution in [0.5, 0.6) is 5.75 Å². The molecule has 0 aliphatic carbocycles. The zero-order chi connectivity index (χ0) is 17.1. The summed E-state index contributed by atoms with van der Waals surface area (Å²) in [5.41, 5.74) is 5.50. The summed E-state index contributed by atoms with van der Waals surface area (Å²) in [6.07, 6.45) is 0. The molecule has 24 heavy (non-hydrogen) atoms. The standard InChI is InChI=1S/C20H21ClN2O/c1-13-8-14(2)17-10-16(20(21)23-18(17)9-13)12-22-11-15-6-4-5-7-19(15)24-3/h4-10,22H,11-12H2,1-3H3. The van der Waals surface area contributed by atoms with E-state index in [2.05, 4.69) is 48.4 Å². The van der Waals surface area contributed by atoms with Crippen LogP contribution >= 0.6 is 11.6 Å². The number of hydrogen-bond acceptors (Lipinski definition) is 3. The second kappa shape index (κ2) is 7.20. The van der Waals surface area contributed by atoms with Crippen LogP contribution in [-0.2, 0) is 13.1 Å². The summed E-state index contributed by atoms with van der Waals surface area (Å²) in [6.45, 7) is 5.56. The van der Waals surface area contributed by atoms with E-state index in [1.807, 2.05) is 18.2 Å². The molecule has 0 aliphatic rings. The van der Waals surface area contributed by atoms with E-state index < -0.39 is 0 Å². The lowest BCUT2D eigenvalue weighted by Crippen LogP contribution is -2.14. The van der Waals surface area contributed by atoms with E-state index in [0.717, 1.165) is 27.8 Å². The SMILES string of the molecule is COc1ccccc1CNCc1cc2c(C)cc(C)cc2nc1Cl. The van der Waals surface area contributed by atoms with Crippen molar-refractivity contribution in [3.63, 3.8) is 0 Å². The number of halogens is 1. The first-order valence-electron chi connectivity index (χ1n) is 7.97. The molecule has 0 atom stereocenters. The van der Waals surface area contributed by atoms with Crippen LogP contribution in [0.15, 0.2) is 42.5 Å². The average Bonchev–Trinajstić information content (AvgIpc) is 2.56. The Labute approximate surface area is 147 Å². The van der Waals surface area contributed by atoms with E-state index in [1.165, 1.54) is 11.1 Å². The van der Waals surface area contributed by atoms with Crippen molar-refractivity contribution < 1.29 is 4.74 Å². The van der Waals surface area contributed by atoms with Crippen molar-refractivity contribution in [3.8, 4) is 5.75 Å². The number of benzene rings is 2. The van der Waals surface area contributed by atoms with E-state index >= 15 is 0 Å². The summed E-state index contributed by atoms with van der Waals surface area (Å²) in [5.74, 6) is 0.888. The van der Waals surface area contributed by atoms with Crippen LogP contribution in [0.3, 0.4) is 0 Å². The smallest absolute Gasteiger partial charge is 0.134 e. The fourth-order valence-electron chi connectivity index (χ4n) is 2.95. The third-order valence-corrected chi connectivity index (χ3v) is 4.46. The van der Waals surface area contributed by atoms with E-state index in [4.69, 9.17) is 16.3 Å². The molecule has 3 nitrogen and oxygen atoms in total. The topological polar surface area (TPSA) is 34.1 Å². The van der Waals surface area contributed by atoms with Gasteiger partial charge in [0, 0.05) is 29.6 Å². The Morgan fingerprint density at radius 2 is 1.79 bits per heavy atom. The number of aryl methyl sites for hydroxylation is 2. The van der Waals surface area contributed by atoms with E-state index in [-0.39, 0.29) is 0 Å². The molecule has 2 aromatic carbocycles. The van der Waals surface area contributed by atoms with Gasteiger partial charge in [-0.2, -0.15) is 0 Å².